The molecule has 2 rings (SSSR count). The summed E-state index contributed by atoms with van der Waals surface area (Å²) in [4.78, 5) is 14.3. The monoisotopic (exact) mass is 291 g/mol. The van der Waals surface area contributed by atoms with Crippen molar-refractivity contribution in [2.75, 3.05) is 19.7 Å². The summed E-state index contributed by atoms with van der Waals surface area (Å²) in [5.74, 6) is 0.740. The largest absolute Gasteiger partial charge is 0.493 e. The quantitative estimate of drug-likeness (QED) is 0.372. The number of hydrogen-bond donors (Lipinski definition) is 2. The highest BCUT2D eigenvalue weighted by atomic mass is 16.5. The molecule has 1 amide bonds. The molecule has 0 saturated carbocycles. The molecule has 21 heavy (non-hydrogen) atoms. The van der Waals surface area contributed by atoms with Crippen LogP contribution in [0.2, 0.25) is 0 Å². The van der Waals surface area contributed by atoms with Crippen LogP contribution in [0.4, 0.5) is 0 Å². The molecule has 0 aromatic heterocycles. The van der Waals surface area contributed by atoms with Gasteiger partial charge in [0.05, 0.1) is 6.61 Å². The third-order valence-corrected chi connectivity index (χ3v) is 3.72. The Morgan fingerprint density at radius 2 is 2.33 bits per heavy atom. The van der Waals surface area contributed by atoms with Crippen molar-refractivity contribution in [2.24, 2.45) is 16.8 Å². The van der Waals surface area contributed by atoms with Crippen LogP contribution in [0.3, 0.4) is 0 Å². The third kappa shape index (κ3) is 3.26. The van der Waals surface area contributed by atoms with E-state index >= 15 is 0 Å². The molecule has 1 atom stereocenters. The number of hydrogen-bond acceptors (Lipinski definition) is 4. The zero-order valence-corrected chi connectivity index (χ0v) is 12.4. The first-order valence-corrected chi connectivity index (χ1v) is 7.09. The molecule has 1 aliphatic heterocycles. The van der Waals surface area contributed by atoms with Crippen molar-refractivity contribution in [1.29, 1.82) is 0 Å². The molecule has 6 nitrogen and oxygen atoms in total. The number of amides is 1. The van der Waals surface area contributed by atoms with E-state index in [1.807, 2.05) is 26.0 Å². The van der Waals surface area contributed by atoms with Gasteiger partial charge in [-0.3, -0.25) is 4.79 Å². The molecule has 0 aliphatic carbocycles. The van der Waals surface area contributed by atoms with Gasteiger partial charge in [0.1, 0.15) is 11.6 Å². The second kappa shape index (κ2) is 6.47. The lowest BCUT2D eigenvalue weighted by molar-refractivity contribution is 0.0753. The van der Waals surface area contributed by atoms with Crippen LogP contribution in [0.5, 0.6) is 5.75 Å². The highest BCUT2D eigenvalue weighted by molar-refractivity contribution is 5.95. The van der Waals surface area contributed by atoms with Crippen molar-refractivity contribution in [3.63, 3.8) is 0 Å². The normalized spacial score (nSPS) is 15.2. The van der Waals surface area contributed by atoms with Crippen molar-refractivity contribution >= 4 is 11.7 Å². The molecule has 1 unspecified atom stereocenters. The van der Waals surface area contributed by atoms with Crippen LogP contribution in [0.15, 0.2) is 23.4 Å². The summed E-state index contributed by atoms with van der Waals surface area (Å²) in [5, 5.41) is 11.7. The van der Waals surface area contributed by atoms with Gasteiger partial charge in [-0.05, 0) is 30.7 Å². The van der Waals surface area contributed by atoms with Gasteiger partial charge in [-0.25, -0.2) is 0 Å². The molecule has 1 aromatic carbocycles. The fourth-order valence-corrected chi connectivity index (χ4v) is 2.38. The smallest absolute Gasteiger partial charge is 0.253 e. The molecular formula is C15H21N3O3. The average molecular weight is 291 g/mol. The number of carbonyl (C=O) groups is 1. The zero-order valence-electron chi connectivity index (χ0n) is 12.4. The SMILES string of the molecule is CCN(CC(C)C(N)=NO)C(=O)c1ccc2c(c1)CCO2. The Morgan fingerprint density at radius 3 is 3.00 bits per heavy atom. The second-order valence-corrected chi connectivity index (χ2v) is 5.19. The maximum absolute atomic E-state index is 12.6. The van der Waals surface area contributed by atoms with Crippen LogP contribution in [-0.2, 0) is 6.42 Å². The van der Waals surface area contributed by atoms with E-state index < -0.39 is 0 Å². The molecular weight excluding hydrogens is 270 g/mol. The highest BCUT2D eigenvalue weighted by Gasteiger charge is 2.21. The molecule has 1 aliphatic rings. The summed E-state index contributed by atoms with van der Waals surface area (Å²) in [6, 6.07) is 5.52. The molecule has 6 heteroatoms. The molecule has 0 saturated heterocycles. The molecule has 0 spiro atoms. The first-order chi connectivity index (χ1) is 10.1. The van der Waals surface area contributed by atoms with Crippen LogP contribution in [0, 0.1) is 5.92 Å². The van der Waals surface area contributed by atoms with E-state index in [1.54, 1.807) is 11.0 Å². The fraction of sp³-hybridized carbons (Fsp3) is 0.467. The van der Waals surface area contributed by atoms with Crippen molar-refractivity contribution < 1.29 is 14.7 Å². The lowest BCUT2D eigenvalue weighted by Crippen LogP contribution is -2.38. The fourth-order valence-electron chi connectivity index (χ4n) is 2.38. The summed E-state index contributed by atoms with van der Waals surface area (Å²) < 4.78 is 5.45. The molecule has 0 bridgehead atoms. The Morgan fingerprint density at radius 1 is 1.57 bits per heavy atom. The molecule has 3 N–H and O–H groups in total. The van der Waals surface area contributed by atoms with E-state index in [-0.39, 0.29) is 17.7 Å². The van der Waals surface area contributed by atoms with Crippen molar-refractivity contribution in [1.82, 2.24) is 4.90 Å². The second-order valence-electron chi connectivity index (χ2n) is 5.19. The lowest BCUT2D eigenvalue weighted by Gasteiger charge is -2.24. The Labute approximate surface area is 124 Å². The molecule has 1 aromatic rings. The topological polar surface area (TPSA) is 88.1 Å². The van der Waals surface area contributed by atoms with Crippen molar-refractivity contribution in [3.05, 3.63) is 29.3 Å². The summed E-state index contributed by atoms with van der Waals surface area (Å²) >= 11 is 0. The van der Waals surface area contributed by atoms with Gasteiger partial charge in [-0.2, -0.15) is 0 Å². The van der Waals surface area contributed by atoms with Gasteiger partial charge in [-0.15, -0.1) is 0 Å². The lowest BCUT2D eigenvalue weighted by atomic mass is 10.1. The third-order valence-electron chi connectivity index (χ3n) is 3.72. The van der Waals surface area contributed by atoms with Gasteiger partial charge in [-0.1, -0.05) is 12.1 Å². The van der Waals surface area contributed by atoms with E-state index in [0.717, 1.165) is 17.7 Å². The van der Waals surface area contributed by atoms with E-state index in [1.165, 1.54) is 0 Å². The van der Waals surface area contributed by atoms with Crippen LogP contribution >= 0.6 is 0 Å². The highest BCUT2D eigenvalue weighted by Crippen LogP contribution is 2.26. The van der Waals surface area contributed by atoms with Gasteiger partial charge in [0, 0.05) is 31.0 Å². The van der Waals surface area contributed by atoms with Crippen molar-refractivity contribution in [3.8, 4) is 5.75 Å². The van der Waals surface area contributed by atoms with Gasteiger partial charge in [0.25, 0.3) is 5.91 Å². The molecule has 0 radical (unpaired) electrons. The van der Waals surface area contributed by atoms with Crippen LogP contribution in [0.25, 0.3) is 0 Å². The Balaban J connectivity index is 2.13. The number of rotatable bonds is 5. The van der Waals surface area contributed by atoms with E-state index in [2.05, 4.69) is 5.16 Å². The first kappa shape index (κ1) is 15.2. The minimum Gasteiger partial charge on any atom is -0.493 e. The number of nitrogens with zero attached hydrogens (tertiary/aromatic N) is 2. The number of carbonyl (C=O) groups excluding carboxylic acids is 1. The average Bonchev–Trinajstić information content (AvgIpc) is 2.98. The minimum atomic E-state index is -0.198. The van der Waals surface area contributed by atoms with Gasteiger partial charge < -0.3 is 20.6 Å². The standard InChI is InChI=1S/C15H21N3O3/c1-3-18(9-10(2)14(16)17-20)15(19)12-4-5-13-11(8-12)6-7-21-13/h4-5,8,10,20H,3,6-7,9H2,1-2H3,(H2,16,17). The van der Waals surface area contributed by atoms with E-state index in [0.29, 0.717) is 25.3 Å². The minimum absolute atomic E-state index is 0.0511. The number of fused-ring (bicyclic) bond motifs is 1. The van der Waals surface area contributed by atoms with Crippen LogP contribution in [-0.4, -0.2) is 41.5 Å². The van der Waals surface area contributed by atoms with E-state index in [9.17, 15) is 4.79 Å². The van der Waals surface area contributed by atoms with Gasteiger partial charge in [0.15, 0.2) is 0 Å². The predicted octanol–water partition coefficient (Wildman–Crippen LogP) is 1.47. The number of nitrogens with two attached hydrogens (primary N) is 1. The number of amidine groups is 1. The maximum atomic E-state index is 12.6. The number of benzene rings is 1. The molecule has 0 fully saturated rings. The first-order valence-electron chi connectivity index (χ1n) is 7.09. The number of oxime groups is 1. The Bertz CT molecular complexity index is 557. The molecule has 1 heterocycles. The summed E-state index contributed by atoms with van der Waals surface area (Å²) in [6.45, 7) is 5.38. The van der Waals surface area contributed by atoms with Gasteiger partial charge in [0.2, 0.25) is 0 Å². The summed E-state index contributed by atoms with van der Waals surface area (Å²) in [5.41, 5.74) is 7.29. The summed E-state index contributed by atoms with van der Waals surface area (Å²) in [7, 11) is 0. The predicted molar refractivity (Wildman–Crippen MR) is 79.8 cm³/mol. The van der Waals surface area contributed by atoms with Crippen LogP contribution in [0.1, 0.15) is 29.8 Å². The Kier molecular flexibility index (Phi) is 4.67. The number of ether oxygens (including phenoxy) is 1. The van der Waals surface area contributed by atoms with Crippen LogP contribution < -0.4 is 10.5 Å². The summed E-state index contributed by atoms with van der Waals surface area (Å²) in [6.07, 6.45) is 0.836. The van der Waals surface area contributed by atoms with E-state index in [4.69, 9.17) is 15.7 Å². The Hall–Kier alpha value is -2.24. The molecule has 114 valence electrons. The van der Waals surface area contributed by atoms with Gasteiger partial charge >= 0.3 is 0 Å². The zero-order chi connectivity index (χ0) is 15.4. The van der Waals surface area contributed by atoms with Crippen molar-refractivity contribution in [2.45, 2.75) is 20.3 Å². The maximum Gasteiger partial charge on any atom is 0.253 e.